The van der Waals surface area contributed by atoms with Gasteiger partial charge in [-0.3, -0.25) is 19.7 Å². The molecule has 0 bridgehead atoms. The number of nitrogens with one attached hydrogen (secondary N) is 4. The zero-order valence-electron chi connectivity index (χ0n) is 27.3. The molecule has 2 fully saturated rings. The molecule has 14 heteroatoms. The fourth-order valence-corrected chi connectivity index (χ4v) is 7.33. The maximum Gasteiger partial charge on any atom is 0.273 e. The molecule has 6 aromatic rings. The van der Waals surface area contributed by atoms with E-state index in [9.17, 15) is 19.7 Å². The number of pyridine rings is 1. The van der Waals surface area contributed by atoms with Crippen LogP contribution in [0.25, 0.3) is 49.8 Å². The van der Waals surface area contributed by atoms with E-state index in [1.807, 2.05) is 0 Å². The lowest BCUT2D eigenvalue weighted by molar-refractivity contribution is -0.384. The number of nitro benzene ring substituents is 1. The molecular formula is C36H37FN6O7. The normalized spacial score (nSPS) is 17.0. The third kappa shape index (κ3) is 5.98. The number of carbonyl (C=O) groups is 1. The summed E-state index contributed by atoms with van der Waals surface area (Å²) in [7, 11) is 0. The number of anilines is 1. The number of amides is 1. The fraction of sp³-hybridized carbons (Fsp3) is 0.389. The van der Waals surface area contributed by atoms with Crippen molar-refractivity contribution in [2.75, 3.05) is 38.2 Å². The van der Waals surface area contributed by atoms with E-state index in [1.54, 1.807) is 22.6 Å². The zero-order chi connectivity index (χ0) is 34.4. The third-order valence-electron chi connectivity index (χ3n) is 10.0. The van der Waals surface area contributed by atoms with Gasteiger partial charge in [0.2, 0.25) is 5.43 Å². The summed E-state index contributed by atoms with van der Waals surface area (Å²) in [5.41, 5.74) is 2.13. The Morgan fingerprint density at radius 1 is 1.02 bits per heavy atom. The van der Waals surface area contributed by atoms with Crippen molar-refractivity contribution in [2.24, 2.45) is 5.92 Å². The third-order valence-corrected chi connectivity index (χ3v) is 10.0. The average Bonchev–Trinajstić information content (AvgIpc) is 3.64. The minimum Gasteiger partial charge on any atom is -0.453 e. The van der Waals surface area contributed by atoms with E-state index in [2.05, 4.69) is 20.9 Å². The Morgan fingerprint density at radius 2 is 1.86 bits per heavy atom. The van der Waals surface area contributed by atoms with Gasteiger partial charge in [-0.05, 0) is 69.5 Å². The van der Waals surface area contributed by atoms with Crippen LogP contribution in [0.5, 0.6) is 0 Å². The lowest BCUT2D eigenvalue weighted by atomic mass is 9.95. The minimum absolute atomic E-state index is 0.00116. The summed E-state index contributed by atoms with van der Waals surface area (Å²) in [6, 6.07) is 9.13. The van der Waals surface area contributed by atoms with Gasteiger partial charge in [0, 0.05) is 56.7 Å². The number of hydrogen-bond acceptors (Lipinski definition) is 9. The number of nitrogens with zero attached hydrogens (tertiary/aromatic N) is 2. The lowest BCUT2D eigenvalue weighted by Crippen LogP contribution is -2.30. The molecule has 5 heterocycles. The first kappa shape index (κ1) is 32.0. The van der Waals surface area contributed by atoms with Gasteiger partial charge in [-0.1, -0.05) is 0 Å². The van der Waals surface area contributed by atoms with Gasteiger partial charge in [-0.2, -0.15) is 0 Å². The molecule has 0 spiro atoms. The number of aromatic nitrogens is 2. The van der Waals surface area contributed by atoms with Crippen molar-refractivity contribution in [1.82, 2.24) is 20.0 Å². The summed E-state index contributed by atoms with van der Waals surface area (Å²) < 4.78 is 35.6. The van der Waals surface area contributed by atoms with Crippen LogP contribution in [0.3, 0.4) is 0 Å². The van der Waals surface area contributed by atoms with Crippen molar-refractivity contribution in [2.45, 2.75) is 51.0 Å². The van der Waals surface area contributed by atoms with Crippen molar-refractivity contribution in [3.63, 3.8) is 0 Å². The summed E-state index contributed by atoms with van der Waals surface area (Å²) in [5.74, 6) is -0.666. The number of hydrogen-bond donors (Lipinski definition) is 4. The molecule has 0 radical (unpaired) electrons. The average molecular weight is 685 g/mol. The summed E-state index contributed by atoms with van der Waals surface area (Å²) in [4.78, 5) is 41.6. The summed E-state index contributed by atoms with van der Waals surface area (Å²) >= 11 is 0. The van der Waals surface area contributed by atoms with Gasteiger partial charge in [0.25, 0.3) is 11.6 Å². The smallest absolute Gasteiger partial charge is 0.273 e. The maximum atomic E-state index is 16.0. The lowest BCUT2D eigenvalue weighted by Gasteiger charge is -2.21. The van der Waals surface area contributed by atoms with Crippen molar-refractivity contribution in [3.8, 4) is 0 Å². The Hall–Kier alpha value is -5.21. The SMILES string of the molecule is O=C(NCCCC1CCOCC1)c1cn2c3cc4oc5cc([N+](=O)[O-])ccc5[nH]c4cc3oc3c(NCCC4CCCN4)c(F)cc(c1=O)c32. The van der Waals surface area contributed by atoms with Crippen LogP contribution < -0.4 is 21.4 Å². The molecule has 2 saturated heterocycles. The molecule has 2 aliphatic heterocycles. The van der Waals surface area contributed by atoms with E-state index >= 15 is 4.39 Å². The first-order chi connectivity index (χ1) is 24.3. The van der Waals surface area contributed by atoms with Crippen LogP contribution in [0.4, 0.5) is 15.8 Å². The van der Waals surface area contributed by atoms with Gasteiger partial charge in [0.1, 0.15) is 16.8 Å². The van der Waals surface area contributed by atoms with Crippen LogP contribution in [0, 0.1) is 21.8 Å². The monoisotopic (exact) mass is 684 g/mol. The molecule has 8 rings (SSSR count). The van der Waals surface area contributed by atoms with Gasteiger partial charge in [0.05, 0.1) is 32.9 Å². The van der Waals surface area contributed by atoms with Gasteiger partial charge in [-0.25, -0.2) is 4.39 Å². The van der Waals surface area contributed by atoms with E-state index in [0.717, 1.165) is 70.8 Å². The standard InChI is InChI=1S/C36H37FN6O7/c37-25-16-23-33-35(32(25)39-12-7-21-4-2-10-38-21)50-31-17-27-30(49-29-15-22(43(46)47)5-6-26(29)41-27)18-28(31)42(33)19-24(34(23)44)36(45)40-11-1-3-20-8-13-48-14-9-20/h5-6,15-21,38-39,41H,1-4,7-14H2,(H,40,45). The molecule has 2 aliphatic rings. The van der Waals surface area contributed by atoms with Crippen LogP contribution >= 0.6 is 0 Å². The van der Waals surface area contributed by atoms with E-state index in [1.165, 1.54) is 18.3 Å². The van der Waals surface area contributed by atoms with E-state index in [4.69, 9.17) is 13.6 Å². The minimum atomic E-state index is -0.664. The Kier molecular flexibility index (Phi) is 8.49. The second kappa shape index (κ2) is 13.2. The van der Waals surface area contributed by atoms with Crippen LogP contribution in [0.1, 0.15) is 55.3 Å². The van der Waals surface area contributed by atoms with E-state index in [-0.39, 0.29) is 33.5 Å². The van der Waals surface area contributed by atoms with Crippen molar-refractivity contribution in [3.05, 3.63) is 74.3 Å². The zero-order valence-corrected chi connectivity index (χ0v) is 27.3. The number of carbonyl (C=O) groups excluding carboxylic acids is 1. The topological polar surface area (TPSA) is 169 Å². The van der Waals surface area contributed by atoms with Crippen molar-refractivity contribution in [1.29, 1.82) is 0 Å². The second-order valence-electron chi connectivity index (χ2n) is 13.2. The maximum absolute atomic E-state index is 16.0. The van der Waals surface area contributed by atoms with Crippen LogP contribution in [0.15, 0.2) is 56.2 Å². The molecule has 1 unspecified atom stereocenters. The Morgan fingerprint density at radius 3 is 2.66 bits per heavy atom. The van der Waals surface area contributed by atoms with Gasteiger partial charge in [0.15, 0.2) is 28.1 Å². The Bertz CT molecular complexity index is 2360. The molecule has 50 heavy (non-hydrogen) atoms. The van der Waals surface area contributed by atoms with Gasteiger partial charge < -0.3 is 38.9 Å². The van der Waals surface area contributed by atoms with Crippen LogP contribution in [-0.2, 0) is 4.74 Å². The number of fused-ring (bicyclic) bond motifs is 4. The first-order valence-electron chi connectivity index (χ1n) is 17.2. The highest BCUT2D eigenvalue weighted by atomic mass is 19.1. The summed E-state index contributed by atoms with van der Waals surface area (Å²) in [6.07, 6.45) is 8.10. The second-order valence-corrected chi connectivity index (χ2v) is 13.2. The van der Waals surface area contributed by atoms with E-state index in [0.29, 0.717) is 58.3 Å². The van der Waals surface area contributed by atoms with Crippen molar-refractivity contribution < 1.29 is 27.7 Å². The Balaban J connectivity index is 1.24. The number of H-pyrrole nitrogens is 1. The largest absolute Gasteiger partial charge is 0.453 e. The van der Waals surface area contributed by atoms with Crippen LogP contribution in [-0.4, -0.2) is 59.1 Å². The first-order valence-corrected chi connectivity index (χ1v) is 17.2. The number of halogens is 1. The molecule has 0 saturated carbocycles. The fourth-order valence-electron chi connectivity index (χ4n) is 7.33. The molecule has 0 aliphatic carbocycles. The number of ether oxygens (including phenoxy) is 1. The molecule has 1 atom stereocenters. The number of non-ortho nitro benzene ring substituents is 1. The number of nitro groups is 1. The van der Waals surface area contributed by atoms with E-state index < -0.39 is 22.1 Å². The van der Waals surface area contributed by atoms with Crippen LogP contribution in [0.2, 0.25) is 0 Å². The molecule has 4 N–H and O–H groups in total. The number of benzene rings is 3. The number of aromatic amines is 1. The van der Waals surface area contributed by atoms with Gasteiger partial charge in [-0.15, -0.1) is 0 Å². The molecule has 3 aromatic heterocycles. The molecule has 260 valence electrons. The highest BCUT2D eigenvalue weighted by Crippen LogP contribution is 2.36. The summed E-state index contributed by atoms with van der Waals surface area (Å²) in [6.45, 7) is 3.34. The number of rotatable bonds is 10. The highest BCUT2D eigenvalue weighted by molar-refractivity contribution is 6.06. The van der Waals surface area contributed by atoms with Crippen molar-refractivity contribution >= 4 is 67.1 Å². The quantitative estimate of drug-likeness (QED) is 0.0412. The van der Waals surface area contributed by atoms with Gasteiger partial charge >= 0.3 is 0 Å². The predicted molar refractivity (Wildman–Crippen MR) is 187 cm³/mol. The molecule has 13 nitrogen and oxygen atoms in total. The summed E-state index contributed by atoms with van der Waals surface area (Å²) in [5, 5.41) is 21.0. The highest BCUT2D eigenvalue weighted by Gasteiger charge is 2.24. The molecular weight excluding hydrogens is 647 g/mol. The molecule has 1 amide bonds. The predicted octanol–water partition coefficient (Wildman–Crippen LogP) is 6.53. The Labute approximate surface area is 283 Å². The molecule has 3 aromatic carbocycles.